The van der Waals surface area contributed by atoms with E-state index in [0.717, 1.165) is 6.42 Å². The highest BCUT2D eigenvalue weighted by atomic mass is 32.2. The molecule has 4 heterocycles. The third-order valence-corrected chi connectivity index (χ3v) is 8.65. The molecule has 6 N–H and O–H groups in total. The first-order valence-corrected chi connectivity index (χ1v) is 12.3. The smallest absolute Gasteiger partial charge is 0.353 e. The maximum atomic E-state index is 13.1. The number of nitrogens with one attached hydrogen (secondary N) is 2. The van der Waals surface area contributed by atoms with Gasteiger partial charge in [-0.1, -0.05) is 6.92 Å². The topological polar surface area (TPSA) is 163 Å². The summed E-state index contributed by atoms with van der Waals surface area (Å²) in [7, 11) is 0. The van der Waals surface area contributed by atoms with Gasteiger partial charge in [0.25, 0.3) is 0 Å². The fourth-order valence-electron chi connectivity index (χ4n) is 5.44. The van der Waals surface area contributed by atoms with Gasteiger partial charge in [-0.05, 0) is 19.8 Å². The molecular formula is C21H32N6O5S. The molecule has 5 unspecified atom stereocenters. The molecule has 182 valence electrons. The van der Waals surface area contributed by atoms with E-state index in [-0.39, 0.29) is 46.7 Å². The van der Waals surface area contributed by atoms with Crippen LogP contribution in [0.3, 0.4) is 0 Å². The van der Waals surface area contributed by atoms with Crippen LogP contribution in [-0.2, 0) is 14.4 Å². The molecule has 6 atom stereocenters. The van der Waals surface area contributed by atoms with E-state index in [9.17, 15) is 24.6 Å². The minimum absolute atomic E-state index is 0.00486. The molecule has 0 aliphatic carbocycles. The van der Waals surface area contributed by atoms with Gasteiger partial charge < -0.3 is 36.0 Å². The Labute approximate surface area is 196 Å². The minimum atomic E-state index is -1.14. The number of thioether (sulfide) groups is 1. The number of β-lactam (4-membered cyclic amide) rings is 1. The van der Waals surface area contributed by atoms with Gasteiger partial charge in [-0.15, -0.1) is 11.8 Å². The lowest BCUT2D eigenvalue weighted by Crippen LogP contribution is -2.63. The van der Waals surface area contributed by atoms with Crippen molar-refractivity contribution in [2.24, 2.45) is 17.6 Å². The first-order valence-electron chi connectivity index (χ1n) is 11.4. The van der Waals surface area contributed by atoms with E-state index in [2.05, 4.69) is 5.32 Å². The quantitative estimate of drug-likeness (QED) is 0.189. The highest BCUT2D eigenvalue weighted by molar-refractivity contribution is 8.03. The Morgan fingerprint density at radius 2 is 1.91 bits per heavy atom. The largest absolute Gasteiger partial charge is 0.477 e. The molecule has 0 radical (unpaired) electrons. The van der Waals surface area contributed by atoms with Crippen molar-refractivity contribution in [3.63, 3.8) is 0 Å². The normalized spacial score (nSPS) is 33.0. The summed E-state index contributed by atoms with van der Waals surface area (Å²) < 4.78 is 0. The van der Waals surface area contributed by atoms with E-state index < -0.39 is 18.0 Å². The molecule has 33 heavy (non-hydrogen) atoms. The SMILES string of the molecule is CC(O)C1C(=O)N2C(C(=O)O)=C(SC3CNC(C(=O)N4CCCN(C(=N)N)CC4)C3)C(C)[C@@H]12. The van der Waals surface area contributed by atoms with Gasteiger partial charge in [0, 0.05) is 48.8 Å². The van der Waals surface area contributed by atoms with Crippen LogP contribution in [0.4, 0.5) is 0 Å². The first-order chi connectivity index (χ1) is 15.6. The summed E-state index contributed by atoms with van der Waals surface area (Å²) in [5.74, 6) is -2.20. The van der Waals surface area contributed by atoms with Gasteiger partial charge in [0.15, 0.2) is 5.96 Å². The summed E-state index contributed by atoms with van der Waals surface area (Å²) in [6.07, 6.45) is 0.485. The van der Waals surface area contributed by atoms with E-state index in [1.54, 1.807) is 11.8 Å². The number of nitrogens with zero attached hydrogens (tertiary/aromatic N) is 3. The van der Waals surface area contributed by atoms with Gasteiger partial charge in [0.05, 0.1) is 24.1 Å². The van der Waals surface area contributed by atoms with Gasteiger partial charge in [0.1, 0.15) is 5.70 Å². The number of hydrogen-bond donors (Lipinski definition) is 5. The minimum Gasteiger partial charge on any atom is -0.477 e. The van der Waals surface area contributed by atoms with Crippen molar-refractivity contribution in [2.75, 3.05) is 32.7 Å². The van der Waals surface area contributed by atoms with Gasteiger partial charge in [-0.3, -0.25) is 15.0 Å². The molecule has 4 aliphatic rings. The highest BCUT2D eigenvalue weighted by Gasteiger charge is 2.60. The third-order valence-electron chi connectivity index (χ3n) is 7.14. The van der Waals surface area contributed by atoms with Crippen LogP contribution in [0.1, 0.15) is 26.7 Å². The van der Waals surface area contributed by atoms with Crippen molar-refractivity contribution >= 4 is 35.5 Å². The van der Waals surface area contributed by atoms with Crippen LogP contribution < -0.4 is 11.1 Å². The van der Waals surface area contributed by atoms with Crippen LogP contribution in [0.2, 0.25) is 0 Å². The number of carboxylic acids is 1. The van der Waals surface area contributed by atoms with Crippen molar-refractivity contribution in [3.05, 3.63) is 10.6 Å². The molecule has 0 saturated carbocycles. The van der Waals surface area contributed by atoms with Gasteiger partial charge in [-0.25, -0.2) is 4.79 Å². The monoisotopic (exact) mass is 480 g/mol. The number of carbonyl (C=O) groups excluding carboxylic acids is 2. The molecule has 3 saturated heterocycles. The van der Waals surface area contributed by atoms with Crippen LogP contribution in [0.15, 0.2) is 10.6 Å². The Hall–Kier alpha value is -2.31. The van der Waals surface area contributed by atoms with Crippen molar-refractivity contribution < 1.29 is 24.6 Å². The van der Waals surface area contributed by atoms with E-state index in [0.29, 0.717) is 44.0 Å². The van der Waals surface area contributed by atoms with Crippen LogP contribution in [-0.4, -0.2) is 105 Å². The number of amides is 2. The van der Waals surface area contributed by atoms with Crippen LogP contribution in [0.5, 0.6) is 0 Å². The Morgan fingerprint density at radius 1 is 1.24 bits per heavy atom. The summed E-state index contributed by atoms with van der Waals surface area (Å²) in [4.78, 5) is 43.1. The van der Waals surface area contributed by atoms with E-state index >= 15 is 0 Å². The molecular weight excluding hydrogens is 448 g/mol. The molecule has 0 aromatic carbocycles. The summed E-state index contributed by atoms with van der Waals surface area (Å²) >= 11 is 1.44. The van der Waals surface area contributed by atoms with Gasteiger partial charge in [0.2, 0.25) is 11.8 Å². The molecule has 11 nitrogen and oxygen atoms in total. The molecule has 4 rings (SSSR count). The van der Waals surface area contributed by atoms with E-state index in [4.69, 9.17) is 11.1 Å². The molecule has 12 heteroatoms. The predicted molar refractivity (Wildman–Crippen MR) is 122 cm³/mol. The number of rotatable bonds is 5. The zero-order chi connectivity index (χ0) is 24.0. The summed E-state index contributed by atoms with van der Waals surface area (Å²) in [6.45, 7) is 6.35. The Morgan fingerprint density at radius 3 is 2.55 bits per heavy atom. The Bertz CT molecular complexity index is 894. The average Bonchev–Trinajstić information content (AvgIpc) is 3.18. The van der Waals surface area contributed by atoms with E-state index in [1.807, 2.05) is 11.8 Å². The fourth-order valence-corrected chi connectivity index (χ4v) is 6.92. The van der Waals surface area contributed by atoms with Crippen molar-refractivity contribution in [1.82, 2.24) is 20.0 Å². The average molecular weight is 481 g/mol. The summed E-state index contributed by atoms with van der Waals surface area (Å²) in [5.41, 5.74) is 5.60. The number of aliphatic hydroxyl groups excluding tert-OH is 1. The second-order valence-electron chi connectivity index (χ2n) is 9.26. The van der Waals surface area contributed by atoms with Crippen molar-refractivity contribution in [2.45, 2.75) is 50.1 Å². The summed E-state index contributed by atoms with van der Waals surface area (Å²) in [6, 6.07) is -0.681. The first kappa shape index (κ1) is 23.8. The highest BCUT2D eigenvalue weighted by Crippen LogP contribution is 2.51. The second-order valence-corrected chi connectivity index (χ2v) is 10.6. The van der Waals surface area contributed by atoms with Gasteiger partial charge in [-0.2, -0.15) is 0 Å². The molecule has 0 aromatic heterocycles. The molecule has 4 aliphatic heterocycles. The predicted octanol–water partition coefficient (Wildman–Crippen LogP) is -0.968. The third kappa shape index (κ3) is 4.19. The second kappa shape index (κ2) is 9.15. The molecule has 0 bridgehead atoms. The van der Waals surface area contributed by atoms with Crippen LogP contribution in [0, 0.1) is 17.2 Å². The fraction of sp³-hybridized carbons (Fsp3) is 0.714. The molecule has 0 aromatic rings. The summed E-state index contributed by atoms with van der Waals surface area (Å²) in [5, 5.41) is 30.7. The molecule has 2 amide bonds. The number of guanidine groups is 1. The van der Waals surface area contributed by atoms with Crippen molar-refractivity contribution in [3.8, 4) is 0 Å². The Kier molecular flexibility index (Phi) is 6.61. The lowest BCUT2D eigenvalue weighted by atomic mass is 9.79. The van der Waals surface area contributed by atoms with Gasteiger partial charge >= 0.3 is 5.97 Å². The zero-order valence-corrected chi connectivity index (χ0v) is 19.7. The van der Waals surface area contributed by atoms with Crippen LogP contribution in [0.25, 0.3) is 0 Å². The molecule has 0 spiro atoms. The lowest BCUT2D eigenvalue weighted by molar-refractivity contribution is -0.163. The number of aliphatic carboxylic acids is 1. The number of carboxylic acid groups (broad SMARTS) is 1. The maximum absolute atomic E-state index is 13.1. The maximum Gasteiger partial charge on any atom is 0.353 e. The molecule has 3 fully saturated rings. The lowest BCUT2D eigenvalue weighted by Gasteiger charge is -2.46. The number of nitrogens with two attached hydrogens (primary N) is 1. The van der Waals surface area contributed by atoms with E-state index in [1.165, 1.54) is 16.7 Å². The van der Waals surface area contributed by atoms with Crippen molar-refractivity contribution in [1.29, 1.82) is 5.41 Å². The number of fused-ring (bicyclic) bond motifs is 1. The Balaban J connectivity index is 1.41. The zero-order valence-electron chi connectivity index (χ0n) is 18.9. The number of hydrogen-bond acceptors (Lipinski definition) is 7. The number of carbonyl (C=O) groups is 3. The van der Waals surface area contributed by atoms with Crippen LogP contribution >= 0.6 is 11.8 Å². The standard InChI is InChI=1S/C21H32N6O5S/c1-10-15-14(11(2)28)19(30)27(15)16(20(31)32)17(10)33-12-8-13(24-9-12)18(29)25-4-3-5-26(7-6-25)21(22)23/h10-15,24,28H,3-9H2,1-2H3,(H3,22,23)(H,31,32)/t10?,11?,12?,13?,14?,15-/m0/s1. The number of aliphatic hydroxyl groups is 1.